The molecular weight excluding hydrogens is 164 g/mol. The topological polar surface area (TPSA) is 32.7 Å². The molecule has 1 aliphatic heterocycles. The molecule has 3 nitrogen and oxygen atoms in total. The highest BCUT2D eigenvalue weighted by Crippen LogP contribution is 2.16. The zero-order valence-electron chi connectivity index (χ0n) is 8.87. The number of hydrogen-bond acceptors (Lipinski definition) is 2. The van der Waals surface area contributed by atoms with Gasteiger partial charge in [-0.2, -0.15) is 5.10 Å². The van der Waals surface area contributed by atoms with Gasteiger partial charge < -0.3 is 0 Å². The van der Waals surface area contributed by atoms with Gasteiger partial charge in [0.05, 0.1) is 0 Å². The predicted molar refractivity (Wildman–Crippen MR) is 53.5 cm³/mol. The molecular formula is C10H18N2O. The Kier molecular flexibility index (Phi) is 3.07. The molecule has 0 saturated carbocycles. The van der Waals surface area contributed by atoms with E-state index < -0.39 is 0 Å². The molecule has 1 rings (SSSR count). The first-order valence-electron chi connectivity index (χ1n) is 4.91. The molecule has 0 aromatic carbocycles. The molecule has 0 atom stereocenters. The number of amides is 1. The van der Waals surface area contributed by atoms with E-state index in [-0.39, 0.29) is 11.9 Å². The molecule has 1 heterocycles. The summed E-state index contributed by atoms with van der Waals surface area (Å²) in [5.41, 5.74) is 1.15. The third-order valence-electron chi connectivity index (χ3n) is 2.24. The van der Waals surface area contributed by atoms with Gasteiger partial charge in [-0.3, -0.25) is 4.79 Å². The molecule has 0 N–H and O–H groups in total. The highest BCUT2D eigenvalue weighted by molar-refractivity contribution is 5.93. The van der Waals surface area contributed by atoms with E-state index in [1.807, 2.05) is 13.8 Å². The standard InChI is InChI=1S/C10H18N2O/c1-7(2)9-5-6-10(13)12(11-9)8(3)4/h7-8H,5-6H2,1-4H3. The molecule has 0 bridgehead atoms. The van der Waals surface area contributed by atoms with Gasteiger partial charge in [0.1, 0.15) is 0 Å². The molecule has 0 aromatic rings. The molecule has 1 amide bonds. The summed E-state index contributed by atoms with van der Waals surface area (Å²) < 4.78 is 0. The van der Waals surface area contributed by atoms with E-state index in [2.05, 4.69) is 18.9 Å². The van der Waals surface area contributed by atoms with Crippen LogP contribution in [-0.2, 0) is 4.79 Å². The van der Waals surface area contributed by atoms with Crippen molar-refractivity contribution in [3.05, 3.63) is 0 Å². The Morgan fingerprint density at radius 2 is 1.85 bits per heavy atom. The van der Waals surface area contributed by atoms with Crippen LogP contribution < -0.4 is 0 Å². The zero-order valence-corrected chi connectivity index (χ0v) is 8.87. The number of hydrazone groups is 1. The number of carbonyl (C=O) groups is 1. The second-order valence-electron chi connectivity index (χ2n) is 4.08. The highest BCUT2D eigenvalue weighted by atomic mass is 16.2. The summed E-state index contributed by atoms with van der Waals surface area (Å²) in [4.78, 5) is 11.4. The van der Waals surface area contributed by atoms with Gasteiger partial charge in [-0.15, -0.1) is 0 Å². The monoisotopic (exact) mass is 182 g/mol. The lowest BCUT2D eigenvalue weighted by molar-refractivity contribution is -0.133. The van der Waals surface area contributed by atoms with Crippen molar-refractivity contribution >= 4 is 11.6 Å². The van der Waals surface area contributed by atoms with E-state index in [9.17, 15) is 4.79 Å². The van der Waals surface area contributed by atoms with E-state index in [1.54, 1.807) is 5.01 Å². The Morgan fingerprint density at radius 1 is 1.23 bits per heavy atom. The van der Waals surface area contributed by atoms with Crippen LogP contribution in [0.25, 0.3) is 0 Å². The average Bonchev–Trinajstić information content (AvgIpc) is 2.04. The lowest BCUT2D eigenvalue weighted by Gasteiger charge is -2.27. The van der Waals surface area contributed by atoms with Crippen molar-refractivity contribution in [2.24, 2.45) is 11.0 Å². The summed E-state index contributed by atoms with van der Waals surface area (Å²) in [6.45, 7) is 8.22. The maximum Gasteiger partial charge on any atom is 0.243 e. The maximum atomic E-state index is 11.4. The lowest BCUT2D eigenvalue weighted by Crippen LogP contribution is -2.37. The van der Waals surface area contributed by atoms with Crippen molar-refractivity contribution in [1.29, 1.82) is 0 Å². The largest absolute Gasteiger partial charge is 0.273 e. The lowest BCUT2D eigenvalue weighted by atomic mass is 10.0. The minimum atomic E-state index is 0.152. The molecule has 13 heavy (non-hydrogen) atoms. The first-order chi connectivity index (χ1) is 6.02. The van der Waals surface area contributed by atoms with Crippen LogP contribution in [0.5, 0.6) is 0 Å². The fourth-order valence-electron chi connectivity index (χ4n) is 1.40. The van der Waals surface area contributed by atoms with Crippen molar-refractivity contribution in [3.8, 4) is 0 Å². The van der Waals surface area contributed by atoms with E-state index in [0.29, 0.717) is 12.3 Å². The quantitative estimate of drug-likeness (QED) is 0.643. The van der Waals surface area contributed by atoms with Crippen molar-refractivity contribution < 1.29 is 4.79 Å². The van der Waals surface area contributed by atoms with Gasteiger partial charge in [0, 0.05) is 18.2 Å². The number of rotatable bonds is 2. The van der Waals surface area contributed by atoms with Gasteiger partial charge in [0.15, 0.2) is 0 Å². The number of carbonyl (C=O) groups excluding carboxylic acids is 1. The second kappa shape index (κ2) is 3.90. The molecule has 0 unspecified atom stereocenters. The summed E-state index contributed by atoms with van der Waals surface area (Å²) >= 11 is 0. The van der Waals surface area contributed by atoms with Gasteiger partial charge >= 0.3 is 0 Å². The van der Waals surface area contributed by atoms with Crippen LogP contribution in [0.2, 0.25) is 0 Å². The first kappa shape index (κ1) is 10.2. The summed E-state index contributed by atoms with van der Waals surface area (Å²) in [6, 6.07) is 0.182. The fraction of sp³-hybridized carbons (Fsp3) is 0.800. The third-order valence-corrected chi connectivity index (χ3v) is 2.24. The Morgan fingerprint density at radius 3 is 2.31 bits per heavy atom. The minimum Gasteiger partial charge on any atom is -0.273 e. The van der Waals surface area contributed by atoms with E-state index in [4.69, 9.17) is 0 Å². The van der Waals surface area contributed by atoms with Crippen LogP contribution in [0.1, 0.15) is 40.5 Å². The molecule has 0 spiro atoms. The molecule has 1 aliphatic rings. The van der Waals surface area contributed by atoms with E-state index in [0.717, 1.165) is 12.1 Å². The smallest absolute Gasteiger partial charge is 0.243 e. The number of hydrogen-bond donors (Lipinski definition) is 0. The van der Waals surface area contributed by atoms with Crippen molar-refractivity contribution in [3.63, 3.8) is 0 Å². The van der Waals surface area contributed by atoms with Crippen LogP contribution >= 0.6 is 0 Å². The fourth-order valence-corrected chi connectivity index (χ4v) is 1.40. The van der Waals surface area contributed by atoms with Gasteiger partial charge in [-0.1, -0.05) is 13.8 Å². The average molecular weight is 182 g/mol. The van der Waals surface area contributed by atoms with Gasteiger partial charge in [0.25, 0.3) is 0 Å². The summed E-state index contributed by atoms with van der Waals surface area (Å²) in [6.07, 6.45) is 1.45. The Bertz CT molecular complexity index is 231. The predicted octanol–water partition coefficient (Wildman–Crippen LogP) is 2.03. The second-order valence-corrected chi connectivity index (χ2v) is 4.08. The van der Waals surface area contributed by atoms with Gasteiger partial charge in [-0.05, 0) is 26.2 Å². The molecule has 0 saturated heterocycles. The van der Waals surface area contributed by atoms with Crippen molar-refractivity contribution in [2.75, 3.05) is 0 Å². The van der Waals surface area contributed by atoms with Gasteiger partial charge in [0.2, 0.25) is 5.91 Å². The minimum absolute atomic E-state index is 0.152. The SMILES string of the molecule is CC(C)C1=NN(C(C)C)C(=O)CC1. The Hall–Kier alpha value is -0.860. The molecule has 74 valence electrons. The molecule has 0 aromatic heterocycles. The van der Waals surface area contributed by atoms with Crippen molar-refractivity contribution in [1.82, 2.24) is 5.01 Å². The van der Waals surface area contributed by atoms with Crippen molar-refractivity contribution in [2.45, 2.75) is 46.6 Å². The summed E-state index contributed by atoms with van der Waals surface area (Å²) in [7, 11) is 0. The van der Waals surface area contributed by atoms with Crippen LogP contribution in [0, 0.1) is 5.92 Å². The highest BCUT2D eigenvalue weighted by Gasteiger charge is 2.23. The normalized spacial score (nSPS) is 18.5. The summed E-state index contributed by atoms with van der Waals surface area (Å²) in [5.74, 6) is 0.605. The van der Waals surface area contributed by atoms with E-state index in [1.165, 1.54) is 0 Å². The maximum absolute atomic E-state index is 11.4. The summed E-state index contributed by atoms with van der Waals surface area (Å²) in [5, 5.41) is 5.97. The van der Waals surface area contributed by atoms with E-state index >= 15 is 0 Å². The van der Waals surface area contributed by atoms with Crippen LogP contribution in [0.3, 0.4) is 0 Å². The zero-order chi connectivity index (χ0) is 10.0. The van der Waals surface area contributed by atoms with Crippen LogP contribution in [0.4, 0.5) is 0 Å². The third kappa shape index (κ3) is 2.29. The Balaban J connectivity index is 2.81. The van der Waals surface area contributed by atoms with Gasteiger partial charge in [-0.25, -0.2) is 5.01 Å². The molecule has 0 aliphatic carbocycles. The first-order valence-corrected chi connectivity index (χ1v) is 4.91. The van der Waals surface area contributed by atoms with Crippen LogP contribution in [-0.4, -0.2) is 22.7 Å². The van der Waals surface area contributed by atoms with Crippen LogP contribution in [0.15, 0.2) is 5.10 Å². The Labute approximate surface area is 79.8 Å². The molecule has 3 heteroatoms. The molecule has 0 radical (unpaired) electrons. The number of nitrogens with zero attached hydrogens (tertiary/aromatic N) is 2. The molecule has 0 fully saturated rings.